The van der Waals surface area contributed by atoms with Gasteiger partial charge in [0, 0.05) is 24.2 Å². The first-order chi connectivity index (χ1) is 17.0. The number of aromatic nitrogens is 2. The number of hydrogen-bond donors (Lipinski definition) is 1. The summed E-state index contributed by atoms with van der Waals surface area (Å²) in [5.74, 6) is -1.98. The Morgan fingerprint density at radius 1 is 1.06 bits per heavy atom. The van der Waals surface area contributed by atoms with Crippen LogP contribution >= 0.6 is 0 Å². The highest BCUT2D eigenvalue weighted by molar-refractivity contribution is 6.04. The summed E-state index contributed by atoms with van der Waals surface area (Å²) in [7, 11) is 1.85. The van der Waals surface area contributed by atoms with Crippen molar-refractivity contribution >= 4 is 17.4 Å². The van der Waals surface area contributed by atoms with Crippen LogP contribution in [0.3, 0.4) is 0 Å². The lowest BCUT2D eigenvalue weighted by atomic mass is 9.71. The van der Waals surface area contributed by atoms with Crippen molar-refractivity contribution in [2.45, 2.75) is 31.1 Å². The summed E-state index contributed by atoms with van der Waals surface area (Å²) >= 11 is 0. The Labute approximate surface area is 203 Å². The number of fused-ring (bicyclic) bond motifs is 2. The van der Waals surface area contributed by atoms with Crippen molar-refractivity contribution in [3.8, 4) is 0 Å². The van der Waals surface area contributed by atoms with Crippen molar-refractivity contribution in [2.75, 3.05) is 30.4 Å². The molecule has 1 atom stereocenters. The molecule has 11 heteroatoms. The standard InChI is InChI=1S/C25H22F5N5O/c1-14(15-6-5-7-17(20(15)27)25(28,29)30)33-22-16-10-35(19-9-4-3-8-18(19)26)23(36)24(11-34(2)12-24)21(16)31-13-32-22/h3-9,13-14H,10-12H2,1-2H3,(H,31,32,33)/t14-/m1/s1. The van der Waals surface area contributed by atoms with E-state index in [4.69, 9.17) is 0 Å². The minimum Gasteiger partial charge on any atom is -0.363 e. The number of likely N-dealkylation sites (N-methyl/N-ethyl adjacent to an activating group) is 1. The molecule has 1 fully saturated rings. The highest BCUT2D eigenvalue weighted by Crippen LogP contribution is 2.44. The van der Waals surface area contributed by atoms with Crippen molar-refractivity contribution in [2.24, 2.45) is 0 Å². The lowest BCUT2D eigenvalue weighted by Crippen LogP contribution is -2.68. The van der Waals surface area contributed by atoms with Crippen LogP contribution < -0.4 is 10.2 Å². The number of likely N-dealkylation sites (tertiary alicyclic amines) is 1. The molecule has 0 aliphatic carbocycles. The molecule has 6 nitrogen and oxygen atoms in total. The molecule has 0 bridgehead atoms. The van der Waals surface area contributed by atoms with Crippen molar-refractivity contribution in [1.82, 2.24) is 14.9 Å². The molecule has 0 unspecified atom stereocenters. The van der Waals surface area contributed by atoms with Gasteiger partial charge in [0.05, 0.1) is 29.5 Å². The third-order valence-electron chi connectivity index (χ3n) is 6.75. The second kappa shape index (κ2) is 8.51. The van der Waals surface area contributed by atoms with Gasteiger partial charge < -0.3 is 15.1 Å². The second-order valence-corrected chi connectivity index (χ2v) is 9.22. The summed E-state index contributed by atoms with van der Waals surface area (Å²) < 4.78 is 69.2. The van der Waals surface area contributed by atoms with Crippen molar-refractivity contribution in [1.29, 1.82) is 0 Å². The summed E-state index contributed by atoms with van der Waals surface area (Å²) in [6.07, 6.45) is -3.57. The average Bonchev–Trinajstić information content (AvgIpc) is 2.80. The molecule has 1 spiro atoms. The van der Waals surface area contributed by atoms with E-state index in [1.54, 1.807) is 6.07 Å². The molecule has 36 heavy (non-hydrogen) atoms. The van der Waals surface area contributed by atoms with Gasteiger partial charge in [0.15, 0.2) is 0 Å². The van der Waals surface area contributed by atoms with Crippen LogP contribution in [0.1, 0.15) is 35.3 Å². The van der Waals surface area contributed by atoms with Crippen molar-refractivity contribution in [3.05, 3.63) is 82.8 Å². The molecule has 2 aromatic carbocycles. The number of halogens is 5. The molecule has 1 N–H and O–H groups in total. The fraction of sp³-hybridized carbons (Fsp3) is 0.320. The number of nitrogens with one attached hydrogen (secondary N) is 1. The third kappa shape index (κ3) is 3.78. The molecule has 1 amide bonds. The zero-order valence-electron chi connectivity index (χ0n) is 19.4. The quantitative estimate of drug-likeness (QED) is 0.524. The lowest BCUT2D eigenvalue weighted by molar-refractivity contribution is -0.140. The lowest BCUT2D eigenvalue weighted by Gasteiger charge is -2.51. The van der Waals surface area contributed by atoms with Gasteiger partial charge in [0.1, 0.15) is 29.2 Å². The zero-order chi connectivity index (χ0) is 25.8. The summed E-state index contributed by atoms with van der Waals surface area (Å²) in [4.78, 5) is 25.5. The number of para-hydroxylation sites is 1. The Morgan fingerprint density at radius 3 is 2.44 bits per heavy atom. The van der Waals surface area contributed by atoms with E-state index < -0.39 is 34.8 Å². The first-order valence-electron chi connectivity index (χ1n) is 11.2. The maximum Gasteiger partial charge on any atom is 0.419 e. The summed E-state index contributed by atoms with van der Waals surface area (Å²) in [5, 5.41) is 3.00. The van der Waals surface area contributed by atoms with E-state index in [1.165, 1.54) is 42.4 Å². The summed E-state index contributed by atoms with van der Waals surface area (Å²) in [6, 6.07) is 8.12. The SMILES string of the molecule is C[C@@H](Nc1ncnc2c1CN(c1ccccc1F)C(=O)C21CN(C)C1)c1cccc(C(F)(F)F)c1F. The Balaban J connectivity index is 1.56. The van der Waals surface area contributed by atoms with Crippen LogP contribution in [0.2, 0.25) is 0 Å². The fourth-order valence-electron chi connectivity index (χ4n) is 5.10. The van der Waals surface area contributed by atoms with Gasteiger partial charge in [-0.05, 0) is 32.2 Å². The molecule has 2 aliphatic rings. The molecule has 0 radical (unpaired) electrons. The second-order valence-electron chi connectivity index (χ2n) is 9.22. The normalized spacial score (nSPS) is 18.1. The Kier molecular flexibility index (Phi) is 5.70. The molecular weight excluding hydrogens is 481 g/mol. The highest BCUT2D eigenvalue weighted by atomic mass is 19.4. The first kappa shape index (κ1) is 24.1. The number of carbonyl (C=O) groups excluding carboxylic acids is 1. The van der Waals surface area contributed by atoms with Crippen LogP contribution in [0.5, 0.6) is 0 Å². The number of anilines is 2. The predicted octanol–water partition coefficient (Wildman–Crippen LogP) is 4.68. The zero-order valence-corrected chi connectivity index (χ0v) is 19.4. The van der Waals surface area contributed by atoms with Gasteiger partial charge in [-0.3, -0.25) is 4.79 Å². The van der Waals surface area contributed by atoms with E-state index >= 15 is 0 Å². The number of amides is 1. The molecule has 3 aromatic rings. The van der Waals surface area contributed by atoms with Crippen LogP contribution in [-0.2, 0) is 22.9 Å². The van der Waals surface area contributed by atoms with Crippen molar-refractivity contribution in [3.63, 3.8) is 0 Å². The predicted molar refractivity (Wildman–Crippen MR) is 122 cm³/mol. The molecular formula is C25H22F5N5O. The van der Waals surface area contributed by atoms with E-state index in [0.717, 1.165) is 6.07 Å². The Bertz CT molecular complexity index is 1340. The largest absolute Gasteiger partial charge is 0.419 e. The minimum absolute atomic E-state index is 0.0540. The van der Waals surface area contributed by atoms with Crippen LogP contribution in [0, 0.1) is 11.6 Å². The van der Waals surface area contributed by atoms with E-state index in [0.29, 0.717) is 30.4 Å². The fourth-order valence-corrected chi connectivity index (χ4v) is 5.10. The highest BCUT2D eigenvalue weighted by Gasteiger charge is 2.56. The van der Waals surface area contributed by atoms with Crippen molar-refractivity contribution < 1.29 is 26.7 Å². The minimum atomic E-state index is -4.84. The van der Waals surface area contributed by atoms with Gasteiger partial charge in [-0.25, -0.2) is 18.7 Å². The van der Waals surface area contributed by atoms with Gasteiger partial charge in [-0.2, -0.15) is 13.2 Å². The van der Waals surface area contributed by atoms with E-state index in [-0.39, 0.29) is 29.5 Å². The van der Waals surface area contributed by atoms with Gasteiger partial charge in [-0.1, -0.05) is 24.3 Å². The van der Waals surface area contributed by atoms with Crippen LogP contribution in [0.15, 0.2) is 48.8 Å². The van der Waals surface area contributed by atoms with Crippen LogP contribution in [0.4, 0.5) is 33.5 Å². The summed E-state index contributed by atoms with van der Waals surface area (Å²) in [6.45, 7) is 2.18. The van der Waals surface area contributed by atoms with E-state index in [2.05, 4.69) is 15.3 Å². The van der Waals surface area contributed by atoms with Crippen LogP contribution in [0.25, 0.3) is 0 Å². The van der Waals surface area contributed by atoms with E-state index in [1.807, 2.05) is 11.9 Å². The summed E-state index contributed by atoms with van der Waals surface area (Å²) in [5.41, 5.74) is -1.47. The van der Waals surface area contributed by atoms with Gasteiger partial charge in [0.2, 0.25) is 5.91 Å². The molecule has 188 valence electrons. The van der Waals surface area contributed by atoms with Gasteiger partial charge >= 0.3 is 6.18 Å². The number of nitrogens with zero attached hydrogens (tertiary/aromatic N) is 4. The Hall–Kier alpha value is -3.60. The number of alkyl halides is 3. The maximum absolute atomic E-state index is 14.8. The molecule has 1 saturated heterocycles. The molecule has 5 rings (SSSR count). The maximum atomic E-state index is 14.8. The number of hydrogen-bond acceptors (Lipinski definition) is 5. The smallest absolute Gasteiger partial charge is 0.363 e. The molecule has 3 heterocycles. The third-order valence-corrected chi connectivity index (χ3v) is 6.75. The number of carbonyl (C=O) groups is 1. The molecule has 1 aromatic heterocycles. The molecule has 0 saturated carbocycles. The topological polar surface area (TPSA) is 61.4 Å². The van der Waals surface area contributed by atoms with Gasteiger partial charge in [0.25, 0.3) is 0 Å². The van der Waals surface area contributed by atoms with Crippen LogP contribution in [-0.4, -0.2) is 40.9 Å². The number of rotatable bonds is 4. The average molecular weight is 503 g/mol. The van der Waals surface area contributed by atoms with Gasteiger partial charge in [-0.15, -0.1) is 0 Å². The first-order valence-corrected chi connectivity index (χ1v) is 11.2. The van der Waals surface area contributed by atoms with E-state index in [9.17, 15) is 26.7 Å². The number of benzene rings is 2. The molecule has 2 aliphatic heterocycles. The Morgan fingerprint density at radius 2 is 1.78 bits per heavy atom. The monoisotopic (exact) mass is 503 g/mol.